The van der Waals surface area contributed by atoms with E-state index in [1.807, 2.05) is 18.2 Å². The van der Waals surface area contributed by atoms with Gasteiger partial charge in [0.05, 0.1) is 12.1 Å². The van der Waals surface area contributed by atoms with Gasteiger partial charge in [0.15, 0.2) is 0 Å². The number of aliphatic hydroxyl groups excluding tert-OH is 1. The molecule has 0 bridgehead atoms. The van der Waals surface area contributed by atoms with E-state index in [4.69, 9.17) is 5.84 Å². The number of hydrogen-bond donors (Lipinski definition) is 2. The van der Waals surface area contributed by atoms with Crippen LogP contribution in [0.3, 0.4) is 0 Å². The number of nitrogens with two attached hydrogens (primary N) is 1. The molecule has 2 rings (SSSR count). The molecule has 0 spiro atoms. The molecular formula is C13H20N2O. The van der Waals surface area contributed by atoms with Crippen molar-refractivity contribution < 1.29 is 5.11 Å². The van der Waals surface area contributed by atoms with Gasteiger partial charge in [0.1, 0.15) is 0 Å². The zero-order valence-corrected chi connectivity index (χ0v) is 9.55. The molecule has 1 saturated carbocycles. The summed E-state index contributed by atoms with van der Waals surface area (Å²) in [4.78, 5) is 0. The van der Waals surface area contributed by atoms with Crippen molar-refractivity contribution in [3.8, 4) is 0 Å². The minimum atomic E-state index is -0.262. The Kier molecular flexibility index (Phi) is 3.93. The summed E-state index contributed by atoms with van der Waals surface area (Å²) in [5, 5.41) is 11.7. The molecule has 2 atom stereocenters. The highest BCUT2D eigenvalue weighted by atomic mass is 16.3. The van der Waals surface area contributed by atoms with E-state index in [0.717, 1.165) is 19.3 Å². The van der Waals surface area contributed by atoms with Gasteiger partial charge < -0.3 is 5.11 Å². The predicted molar refractivity (Wildman–Crippen MR) is 64.4 cm³/mol. The quantitative estimate of drug-likeness (QED) is 0.601. The highest BCUT2D eigenvalue weighted by Gasteiger charge is 2.26. The number of nitrogens with zero attached hydrogens (tertiary/aromatic N) is 1. The van der Waals surface area contributed by atoms with Crippen LogP contribution in [0, 0.1) is 0 Å². The van der Waals surface area contributed by atoms with Crippen molar-refractivity contribution in [1.82, 2.24) is 5.01 Å². The summed E-state index contributed by atoms with van der Waals surface area (Å²) in [6.07, 6.45) is 3.92. The van der Waals surface area contributed by atoms with Gasteiger partial charge in [-0.05, 0) is 18.4 Å². The monoisotopic (exact) mass is 220 g/mol. The Morgan fingerprint density at radius 3 is 2.56 bits per heavy atom. The van der Waals surface area contributed by atoms with Crippen LogP contribution in [0.2, 0.25) is 0 Å². The predicted octanol–water partition coefficient (Wildman–Crippen LogP) is 1.67. The minimum Gasteiger partial charge on any atom is -0.391 e. The van der Waals surface area contributed by atoms with E-state index in [1.54, 1.807) is 5.01 Å². The summed E-state index contributed by atoms with van der Waals surface area (Å²) in [5.41, 5.74) is 1.20. The van der Waals surface area contributed by atoms with E-state index < -0.39 is 0 Å². The maximum atomic E-state index is 9.90. The van der Waals surface area contributed by atoms with Crippen molar-refractivity contribution in [2.75, 3.05) is 0 Å². The molecule has 0 aromatic heterocycles. The van der Waals surface area contributed by atoms with Crippen LogP contribution in [0.4, 0.5) is 0 Å². The summed E-state index contributed by atoms with van der Waals surface area (Å²) in [6, 6.07) is 10.3. The summed E-state index contributed by atoms with van der Waals surface area (Å²) in [5.74, 6) is 6.04. The van der Waals surface area contributed by atoms with Crippen molar-refractivity contribution in [2.24, 2.45) is 5.84 Å². The third-order valence-corrected chi connectivity index (χ3v) is 3.33. The van der Waals surface area contributed by atoms with Crippen LogP contribution >= 0.6 is 0 Å². The molecule has 0 heterocycles. The van der Waals surface area contributed by atoms with Crippen LogP contribution in [0.25, 0.3) is 0 Å². The second-order valence-corrected chi connectivity index (χ2v) is 4.58. The third-order valence-electron chi connectivity index (χ3n) is 3.33. The second kappa shape index (κ2) is 5.43. The SMILES string of the molecule is NN(Cc1ccccc1)C1CCCCC1O. The fourth-order valence-corrected chi connectivity index (χ4v) is 2.39. The Labute approximate surface area is 96.8 Å². The molecule has 2 unspecified atom stereocenters. The molecule has 0 aliphatic heterocycles. The Bertz CT molecular complexity index is 315. The normalized spacial score (nSPS) is 25.9. The van der Waals surface area contributed by atoms with E-state index in [1.165, 1.54) is 12.0 Å². The second-order valence-electron chi connectivity index (χ2n) is 4.58. The lowest BCUT2D eigenvalue weighted by molar-refractivity contribution is 0.0152. The minimum absolute atomic E-state index is 0.119. The van der Waals surface area contributed by atoms with Crippen LogP contribution in [0.5, 0.6) is 0 Å². The molecule has 1 fully saturated rings. The highest BCUT2D eigenvalue weighted by molar-refractivity contribution is 5.14. The van der Waals surface area contributed by atoms with E-state index in [0.29, 0.717) is 6.54 Å². The van der Waals surface area contributed by atoms with Gasteiger partial charge in [-0.3, -0.25) is 5.84 Å². The van der Waals surface area contributed by atoms with Crippen LogP contribution in [-0.4, -0.2) is 22.3 Å². The van der Waals surface area contributed by atoms with E-state index >= 15 is 0 Å². The lowest BCUT2D eigenvalue weighted by Crippen LogP contribution is -2.48. The summed E-state index contributed by atoms with van der Waals surface area (Å²) in [7, 11) is 0. The van der Waals surface area contributed by atoms with E-state index in [-0.39, 0.29) is 12.1 Å². The molecule has 0 radical (unpaired) electrons. The molecule has 1 aromatic carbocycles. The van der Waals surface area contributed by atoms with Gasteiger partial charge in [0.2, 0.25) is 0 Å². The molecule has 1 aliphatic carbocycles. The number of rotatable bonds is 3. The van der Waals surface area contributed by atoms with Crippen molar-refractivity contribution >= 4 is 0 Å². The standard InChI is InChI=1S/C13H20N2O/c14-15(10-11-6-2-1-3-7-11)12-8-4-5-9-13(12)16/h1-3,6-7,12-13,16H,4-5,8-10,14H2. The van der Waals surface area contributed by atoms with Gasteiger partial charge in [0.25, 0.3) is 0 Å². The van der Waals surface area contributed by atoms with Gasteiger partial charge in [-0.25, -0.2) is 5.01 Å². The molecule has 3 nitrogen and oxygen atoms in total. The molecule has 1 aromatic rings. The summed E-state index contributed by atoms with van der Waals surface area (Å²) in [6.45, 7) is 0.711. The van der Waals surface area contributed by atoms with E-state index in [9.17, 15) is 5.11 Å². The maximum Gasteiger partial charge on any atom is 0.0709 e. The summed E-state index contributed by atoms with van der Waals surface area (Å²) >= 11 is 0. The van der Waals surface area contributed by atoms with Gasteiger partial charge >= 0.3 is 0 Å². The van der Waals surface area contributed by atoms with Crippen molar-refractivity contribution in [3.63, 3.8) is 0 Å². The first-order chi connectivity index (χ1) is 7.77. The first-order valence-corrected chi connectivity index (χ1v) is 6.00. The molecule has 0 amide bonds. The molecule has 16 heavy (non-hydrogen) atoms. The van der Waals surface area contributed by atoms with Crippen molar-refractivity contribution in [3.05, 3.63) is 35.9 Å². The van der Waals surface area contributed by atoms with Crippen LogP contribution in [0.1, 0.15) is 31.2 Å². The Balaban J connectivity index is 1.94. The number of aliphatic hydroxyl groups is 1. The summed E-state index contributed by atoms with van der Waals surface area (Å²) < 4.78 is 0. The Morgan fingerprint density at radius 2 is 1.88 bits per heavy atom. The van der Waals surface area contributed by atoms with Gasteiger partial charge in [0, 0.05) is 6.54 Å². The van der Waals surface area contributed by atoms with Gasteiger partial charge in [-0.2, -0.15) is 0 Å². The average Bonchev–Trinajstić information content (AvgIpc) is 2.31. The lowest BCUT2D eigenvalue weighted by Gasteiger charge is -2.34. The van der Waals surface area contributed by atoms with Crippen molar-refractivity contribution in [2.45, 2.75) is 44.4 Å². The number of hydrazine groups is 1. The molecular weight excluding hydrogens is 200 g/mol. The highest BCUT2D eigenvalue weighted by Crippen LogP contribution is 2.22. The number of benzene rings is 1. The fourth-order valence-electron chi connectivity index (χ4n) is 2.39. The molecule has 3 N–H and O–H groups in total. The van der Waals surface area contributed by atoms with Gasteiger partial charge in [-0.15, -0.1) is 0 Å². The third kappa shape index (κ3) is 2.82. The maximum absolute atomic E-state index is 9.90. The van der Waals surface area contributed by atoms with Crippen LogP contribution in [-0.2, 0) is 6.54 Å². The lowest BCUT2D eigenvalue weighted by atomic mass is 9.92. The fraction of sp³-hybridized carbons (Fsp3) is 0.538. The first-order valence-electron chi connectivity index (χ1n) is 6.00. The van der Waals surface area contributed by atoms with Gasteiger partial charge in [-0.1, -0.05) is 43.2 Å². The molecule has 88 valence electrons. The zero-order valence-electron chi connectivity index (χ0n) is 9.55. The molecule has 1 aliphatic rings. The molecule has 0 saturated heterocycles. The van der Waals surface area contributed by atoms with Crippen LogP contribution in [0.15, 0.2) is 30.3 Å². The average molecular weight is 220 g/mol. The Morgan fingerprint density at radius 1 is 1.19 bits per heavy atom. The zero-order chi connectivity index (χ0) is 11.4. The molecule has 3 heteroatoms. The largest absolute Gasteiger partial charge is 0.391 e. The Hall–Kier alpha value is -0.900. The smallest absolute Gasteiger partial charge is 0.0709 e. The number of hydrogen-bond acceptors (Lipinski definition) is 3. The first kappa shape index (κ1) is 11.6. The van der Waals surface area contributed by atoms with Crippen molar-refractivity contribution in [1.29, 1.82) is 0 Å². The van der Waals surface area contributed by atoms with E-state index in [2.05, 4.69) is 12.1 Å². The topological polar surface area (TPSA) is 49.5 Å². The van der Waals surface area contributed by atoms with Crippen LogP contribution < -0.4 is 5.84 Å².